The molecule has 11 aromatic carbocycles. The van der Waals surface area contributed by atoms with Crippen molar-refractivity contribution in [2.24, 2.45) is 0 Å². The zero-order chi connectivity index (χ0) is 47.5. The molecule has 0 atom stereocenters. The molecular formula is C66H37BN2O3S. The number of furan rings is 3. The minimum atomic E-state index is -0.157. The zero-order valence-electron chi connectivity index (χ0n) is 39.0. The van der Waals surface area contributed by atoms with Gasteiger partial charge in [-0.25, -0.2) is 0 Å². The molecule has 73 heavy (non-hydrogen) atoms. The van der Waals surface area contributed by atoms with E-state index in [0.717, 1.165) is 117 Å². The number of benzene rings is 11. The van der Waals surface area contributed by atoms with Crippen molar-refractivity contribution in [3.05, 3.63) is 224 Å². The summed E-state index contributed by atoms with van der Waals surface area (Å²) in [7, 11) is 0. The number of rotatable bonds is 4. The van der Waals surface area contributed by atoms with Crippen LogP contribution in [-0.2, 0) is 0 Å². The Labute approximate surface area is 422 Å². The van der Waals surface area contributed by atoms with Gasteiger partial charge in [0, 0.05) is 81.7 Å². The van der Waals surface area contributed by atoms with E-state index >= 15 is 0 Å². The molecule has 0 amide bonds. The number of fused-ring (bicyclic) bond motifs is 18. The van der Waals surface area contributed by atoms with E-state index in [2.05, 4.69) is 228 Å². The smallest absolute Gasteiger partial charge is 0.252 e. The van der Waals surface area contributed by atoms with Crippen LogP contribution in [0, 0.1) is 0 Å². The van der Waals surface area contributed by atoms with Gasteiger partial charge in [-0.05, 0) is 88.2 Å². The van der Waals surface area contributed by atoms with Crippen molar-refractivity contribution < 1.29 is 13.3 Å². The zero-order valence-corrected chi connectivity index (χ0v) is 39.8. The average Bonchev–Trinajstić information content (AvgIpc) is 4.23. The van der Waals surface area contributed by atoms with Crippen molar-refractivity contribution >= 4 is 155 Å². The summed E-state index contributed by atoms with van der Waals surface area (Å²) >= 11 is 1.86. The minimum Gasteiger partial charge on any atom is -0.456 e. The molecule has 4 aromatic heterocycles. The van der Waals surface area contributed by atoms with E-state index in [1.807, 2.05) is 17.4 Å². The number of hydrogen-bond acceptors (Lipinski definition) is 6. The largest absolute Gasteiger partial charge is 0.456 e. The van der Waals surface area contributed by atoms with Gasteiger partial charge in [0.05, 0.1) is 28.1 Å². The fourth-order valence-electron chi connectivity index (χ4n) is 12.6. The van der Waals surface area contributed by atoms with Crippen molar-refractivity contribution in [3.63, 3.8) is 0 Å². The summed E-state index contributed by atoms with van der Waals surface area (Å²) in [6, 6.07) is 81.4. The van der Waals surface area contributed by atoms with E-state index in [9.17, 15) is 0 Å². The molecular weight excluding hydrogens is 912 g/mol. The van der Waals surface area contributed by atoms with Crippen LogP contribution >= 0.6 is 11.3 Å². The molecule has 0 saturated heterocycles. The summed E-state index contributed by atoms with van der Waals surface area (Å²) < 4.78 is 23.0. The Morgan fingerprint density at radius 3 is 1.40 bits per heavy atom. The molecule has 17 rings (SSSR count). The molecule has 0 saturated carbocycles. The Hall–Kier alpha value is -9.30. The van der Waals surface area contributed by atoms with Crippen LogP contribution in [0.3, 0.4) is 0 Å². The van der Waals surface area contributed by atoms with Gasteiger partial charge in [-0.3, -0.25) is 0 Å². The molecule has 0 bridgehead atoms. The molecule has 6 heterocycles. The lowest BCUT2D eigenvalue weighted by Gasteiger charge is -2.45. The van der Waals surface area contributed by atoms with E-state index in [-0.39, 0.29) is 6.71 Å². The van der Waals surface area contributed by atoms with E-state index in [1.165, 1.54) is 42.2 Å². The minimum absolute atomic E-state index is 0.157. The first kappa shape index (κ1) is 39.4. The Morgan fingerprint density at radius 2 is 0.795 bits per heavy atom. The maximum atomic E-state index is 6.82. The first-order chi connectivity index (χ1) is 36.2. The van der Waals surface area contributed by atoms with Gasteiger partial charge in [0.25, 0.3) is 6.71 Å². The van der Waals surface area contributed by atoms with Crippen molar-refractivity contribution in [3.8, 4) is 22.3 Å². The van der Waals surface area contributed by atoms with Crippen LogP contribution < -0.4 is 26.2 Å². The second-order valence-corrected chi connectivity index (χ2v) is 20.5. The lowest BCUT2D eigenvalue weighted by atomic mass is 9.33. The first-order valence-corrected chi connectivity index (χ1v) is 25.7. The van der Waals surface area contributed by atoms with Gasteiger partial charge in [-0.15, -0.1) is 11.3 Å². The van der Waals surface area contributed by atoms with Crippen molar-refractivity contribution in [2.75, 3.05) is 9.80 Å². The number of hydrogen-bond donors (Lipinski definition) is 0. The lowest BCUT2D eigenvalue weighted by molar-refractivity contribution is 0.668. The van der Waals surface area contributed by atoms with Gasteiger partial charge in [0.1, 0.15) is 33.5 Å². The highest BCUT2D eigenvalue weighted by molar-refractivity contribution is 7.26. The van der Waals surface area contributed by atoms with E-state index in [1.54, 1.807) is 0 Å². The topological polar surface area (TPSA) is 45.9 Å². The van der Waals surface area contributed by atoms with Gasteiger partial charge in [0.15, 0.2) is 0 Å². The van der Waals surface area contributed by atoms with Crippen LogP contribution in [0.25, 0.3) is 108 Å². The summed E-state index contributed by atoms with van der Waals surface area (Å²) in [4.78, 5) is 5.11. The average molecular weight is 949 g/mol. The summed E-state index contributed by atoms with van der Waals surface area (Å²) in [6.07, 6.45) is 0. The third kappa shape index (κ3) is 5.41. The summed E-state index contributed by atoms with van der Waals surface area (Å²) in [6.45, 7) is -0.157. The van der Waals surface area contributed by atoms with Gasteiger partial charge >= 0.3 is 0 Å². The van der Waals surface area contributed by atoms with Crippen LogP contribution in [0.2, 0.25) is 0 Å². The summed E-state index contributed by atoms with van der Waals surface area (Å²) in [5.74, 6) is 0. The van der Waals surface area contributed by atoms with Gasteiger partial charge < -0.3 is 23.1 Å². The molecule has 15 aromatic rings. The second-order valence-electron chi connectivity index (χ2n) is 19.4. The molecule has 7 heteroatoms. The van der Waals surface area contributed by atoms with Crippen LogP contribution in [0.15, 0.2) is 238 Å². The van der Waals surface area contributed by atoms with Crippen LogP contribution in [0.4, 0.5) is 34.1 Å². The maximum absolute atomic E-state index is 6.82. The standard InChI is InChI=1S/C66H37BN2O3S/c1-3-16-38(17-4-1)44-34-46-40-20-7-11-26-54(40)71-58(46)36-52(44)68-50-24-15-25-51-64(50)67(48-30-32-57-62(65(48)68)42-22-9-13-28-56(42)70-57)49-31-33-61-63(43-23-10-14-29-60(43)73-61)66(49)69(51)53-37-59-47(41-21-8-12-27-55(41)72-59)35-45(53)39-18-5-2-6-19-39/h1-37H. The van der Waals surface area contributed by atoms with Crippen molar-refractivity contribution in [2.45, 2.75) is 0 Å². The Morgan fingerprint density at radius 1 is 0.315 bits per heavy atom. The highest BCUT2D eigenvalue weighted by atomic mass is 32.1. The third-order valence-corrected chi connectivity index (χ3v) is 16.8. The molecule has 338 valence electrons. The summed E-state index contributed by atoms with van der Waals surface area (Å²) in [5, 5.41) is 9.02. The predicted molar refractivity (Wildman–Crippen MR) is 306 cm³/mol. The fraction of sp³-hybridized carbons (Fsp3) is 0. The monoisotopic (exact) mass is 948 g/mol. The molecule has 2 aliphatic heterocycles. The van der Waals surface area contributed by atoms with E-state index in [4.69, 9.17) is 13.3 Å². The number of nitrogens with zero attached hydrogens (tertiary/aromatic N) is 2. The number of thiophene rings is 1. The molecule has 0 spiro atoms. The van der Waals surface area contributed by atoms with Gasteiger partial charge in [-0.2, -0.15) is 0 Å². The SMILES string of the molecule is c1ccc(-c2cc3c(cc2N2c4cccc5c4B(c4ccc6oc7ccccc7c6c42)c2ccc4sc6ccccc6c4c2N5c2cc4oc5ccccc5c4cc2-c2ccccc2)oc2ccccc23)cc1. The molecule has 5 nitrogen and oxygen atoms in total. The molecule has 0 unspecified atom stereocenters. The molecule has 0 aliphatic carbocycles. The Bertz CT molecular complexity index is 4530. The van der Waals surface area contributed by atoms with Crippen LogP contribution in [0.5, 0.6) is 0 Å². The second kappa shape index (κ2) is 14.6. The van der Waals surface area contributed by atoms with Gasteiger partial charge in [-0.1, -0.05) is 152 Å². The molecule has 0 fully saturated rings. The quantitative estimate of drug-likeness (QED) is 0.165. The highest BCUT2D eigenvalue weighted by Crippen LogP contribution is 2.54. The first-order valence-electron chi connectivity index (χ1n) is 24.8. The van der Waals surface area contributed by atoms with E-state index < -0.39 is 0 Å². The molecule has 2 aliphatic rings. The third-order valence-electron chi connectivity index (χ3n) is 15.6. The number of anilines is 6. The molecule has 0 radical (unpaired) electrons. The highest BCUT2D eigenvalue weighted by Gasteiger charge is 2.46. The van der Waals surface area contributed by atoms with E-state index in [0.29, 0.717) is 0 Å². The van der Waals surface area contributed by atoms with Gasteiger partial charge in [0.2, 0.25) is 0 Å². The molecule has 0 N–H and O–H groups in total. The lowest BCUT2D eigenvalue weighted by Crippen LogP contribution is -2.61. The number of para-hydroxylation sites is 3. The fourth-order valence-corrected chi connectivity index (χ4v) is 13.7. The van der Waals surface area contributed by atoms with Crippen molar-refractivity contribution in [1.82, 2.24) is 0 Å². The predicted octanol–water partition coefficient (Wildman–Crippen LogP) is 17.2. The van der Waals surface area contributed by atoms with Crippen molar-refractivity contribution in [1.29, 1.82) is 0 Å². The summed E-state index contributed by atoms with van der Waals surface area (Å²) in [5.41, 5.74) is 19.8. The maximum Gasteiger partial charge on any atom is 0.252 e. The Kier molecular flexibility index (Phi) is 7.91. The van der Waals surface area contributed by atoms with Crippen LogP contribution in [-0.4, -0.2) is 6.71 Å². The normalized spacial score (nSPS) is 13.1. The van der Waals surface area contributed by atoms with Crippen LogP contribution in [0.1, 0.15) is 0 Å². The Balaban J connectivity index is 1.05.